The summed E-state index contributed by atoms with van der Waals surface area (Å²) >= 11 is 0. The highest BCUT2D eigenvalue weighted by Crippen LogP contribution is 2.17. The fraction of sp³-hybridized carbons (Fsp3) is 0.385. The minimum absolute atomic E-state index is 0.0675. The van der Waals surface area contributed by atoms with Crippen LogP contribution in [0.4, 0.5) is 0 Å². The number of hydrogen-bond donors (Lipinski definition) is 3. The van der Waals surface area contributed by atoms with Gasteiger partial charge in [-0.15, -0.1) is 0 Å². The molecule has 0 aliphatic rings. The number of ether oxygens (including phenoxy) is 1. The molecule has 6 heteroatoms. The number of rotatable bonds is 5. The minimum atomic E-state index is -2.09. The smallest absolute Gasteiger partial charge is 0.346 e. The summed E-state index contributed by atoms with van der Waals surface area (Å²) in [4.78, 5) is 23.1. The highest BCUT2D eigenvalue weighted by atomic mass is 16.5. The van der Waals surface area contributed by atoms with Gasteiger partial charge < -0.3 is 9.84 Å². The van der Waals surface area contributed by atoms with Crippen molar-refractivity contribution < 1.29 is 19.4 Å². The number of Topliss-reactive ketones (excluding diaryl/α,β-unsaturated/α-hetero) is 1. The van der Waals surface area contributed by atoms with Gasteiger partial charge in [-0.25, -0.2) is 4.79 Å². The second-order valence-electron chi connectivity index (χ2n) is 3.80. The quantitative estimate of drug-likeness (QED) is 0.298. The molecule has 0 saturated heterocycles. The molecule has 0 spiro atoms. The first-order chi connectivity index (χ1) is 9.00. The van der Waals surface area contributed by atoms with Crippen molar-refractivity contribution in [3.05, 3.63) is 35.9 Å². The molecule has 0 saturated carbocycles. The fourth-order valence-corrected chi connectivity index (χ4v) is 1.48. The molecule has 1 rings (SSSR count). The molecule has 5 N–H and O–H groups in total. The zero-order chi connectivity index (χ0) is 14.9. The van der Waals surface area contributed by atoms with Gasteiger partial charge in [0, 0.05) is 6.42 Å². The van der Waals surface area contributed by atoms with Gasteiger partial charge in [0.25, 0.3) is 0 Å². The normalized spacial score (nSPS) is 12.7. The van der Waals surface area contributed by atoms with Crippen molar-refractivity contribution in [2.45, 2.75) is 25.9 Å². The molecule has 1 aromatic carbocycles. The summed E-state index contributed by atoms with van der Waals surface area (Å²) in [6.45, 7) is 2.93. The van der Waals surface area contributed by atoms with E-state index in [1.807, 2.05) is 6.07 Å². The van der Waals surface area contributed by atoms with Gasteiger partial charge in [-0.3, -0.25) is 16.5 Å². The van der Waals surface area contributed by atoms with E-state index in [9.17, 15) is 14.7 Å². The molecule has 19 heavy (non-hydrogen) atoms. The SMILES string of the molecule is CCOC(=O)C(O)(Cc1ccccc1)C(C)=O.NN. The molecule has 106 valence electrons. The molecule has 6 nitrogen and oxygen atoms in total. The first-order valence-corrected chi connectivity index (χ1v) is 5.78. The molecule has 0 fully saturated rings. The molecule has 0 amide bonds. The first-order valence-electron chi connectivity index (χ1n) is 5.78. The summed E-state index contributed by atoms with van der Waals surface area (Å²) in [6, 6.07) is 8.86. The van der Waals surface area contributed by atoms with Gasteiger partial charge in [0.1, 0.15) is 0 Å². The number of ketones is 1. The van der Waals surface area contributed by atoms with E-state index in [0.717, 1.165) is 0 Å². The number of esters is 1. The van der Waals surface area contributed by atoms with Crippen LogP contribution < -0.4 is 11.7 Å². The lowest BCUT2D eigenvalue weighted by molar-refractivity contribution is -0.169. The van der Waals surface area contributed by atoms with Crippen LogP contribution in [0.25, 0.3) is 0 Å². The van der Waals surface area contributed by atoms with Crippen LogP contribution in [-0.2, 0) is 20.7 Å². The second kappa shape index (κ2) is 8.36. The second-order valence-corrected chi connectivity index (χ2v) is 3.80. The number of aliphatic hydroxyl groups is 1. The minimum Gasteiger partial charge on any atom is -0.464 e. The van der Waals surface area contributed by atoms with Crippen LogP contribution in [0, 0.1) is 0 Å². The molecule has 0 aromatic heterocycles. The van der Waals surface area contributed by atoms with E-state index >= 15 is 0 Å². The van der Waals surface area contributed by atoms with E-state index in [4.69, 9.17) is 4.74 Å². The Morgan fingerprint density at radius 2 is 1.79 bits per heavy atom. The van der Waals surface area contributed by atoms with Crippen LogP contribution in [0.5, 0.6) is 0 Å². The lowest BCUT2D eigenvalue weighted by Crippen LogP contribution is -2.48. The van der Waals surface area contributed by atoms with E-state index < -0.39 is 17.4 Å². The van der Waals surface area contributed by atoms with Crippen molar-refractivity contribution in [3.8, 4) is 0 Å². The van der Waals surface area contributed by atoms with E-state index in [1.54, 1.807) is 31.2 Å². The van der Waals surface area contributed by atoms with E-state index in [1.165, 1.54) is 6.92 Å². The number of hydrogen-bond acceptors (Lipinski definition) is 6. The maximum Gasteiger partial charge on any atom is 0.346 e. The number of carbonyl (C=O) groups excluding carboxylic acids is 2. The molecular weight excluding hydrogens is 248 g/mol. The molecular formula is C13H20N2O4. The summed E-state index contributed by atoms with van der Waals surface area (Å²) in [7, 11) is 0. The zero-order valence-corrected chi connectivity index (χ0v) is 11.1. The van der Waals surface area contributed by atoms with Crippen molar-refractivity contribution in [2.75, 3.05) is 6.61 Å². The lowest BCUT2D eigenvalue weighted by Gasteiger charge is -2.22. The van der Waals surface area contributed by atoms with Gasteiger partial charge in [-0.1, -0.05) is 30.3 Å². The van der Waals surface area contributed by atoms with Crippen LogP contribution in [0.15, 0.2) is 30.3 Å². The molecule has 0 heterocycles. The molecule has 0 bridgehead atoms. The van der Waals surface area contributed by atoms with Crippen LogP contribution in [0.2, 0.25) is 0 Å². The van der Waals surface area contributed by atoms with E-state index in [0.29, 0.717) is 5.56 Å². The summed E-state index contributed by atoms with van der Waals surface area (Å²) in [5, 5.41) is 10.1. The van der Waals surface area contributed by atoms with Gasteiger partial charge in [0.2, 0.25) is 5.60 Å². The van der Waals surface area contributed by atoms with E-state index in [2.05, 4.69) is 11.7 Å². The van der Waals surface area contributed by atoms with Gasteiger partial charge in [0.15, 0.2) is 5.78 Å². The van der Waals surface area contributed by atoms with Gasteiger partial charge in [0.05, 0.1) is 6.61 Å². The third-order valence-electron chi connectivity index (χ3n) is 2.50. The Morgan fingerprint density at radius 1 is 1.26 bits per heavy atom. The molecule has 1 aromatic rings. The standard InChI is InChI=1S/C13H16O4.H4N2/c1-3-17-12(15)13(16,10(2)14)9-11-7-5-4-6-8-11;1-2/h4-8,16H,3,9H2,1-2H3;1-2H2. The van der Waals surface area contributed by atoms with Crippen LogP contribution in [0.1, 0.15) is 19.4 Å². The monoisotopic (exact) mass is 268 g/mol. The third kappa shape index (κ3) is 4.78. The van der Waals surface area contributed by atoms with Crippen molar-refractivity contribution in [1.82, 2.24) is 0 Å². The molecule has 1 atom stereocenters. The molecule has 0 radical (unpaired) electrons. The maximum absolute atomic E-state index is 11.6. The highest BCUT2D eigenvalue weighted by molar-refractivity contribution is 6.06. The first kappa shape index (κ1) is 17.2. The average Bonchev–Trinajstić information content (AvgIpc) is 2.42. The number of nitrogens with two attached hydrogens (primary N) is 2. The summed E-state index contributed by atoms with van der Waals surface area (Å²) in [5.74, 6) is 6.50. The Bertz CT molecular complexity index is 408. The van der Waals surface area contributed by atoms with Gasteiger partial charge >= 0.3 is 5.97 Å². The fourth-order valence-electron chi connectivity index (χ4n) is 1.48. The Morgan fingerprint density at radius 3 is 2.21 bits per heavy atom. The highest BCUT2D eigenvalue weighted by Gasteiger charge is 2.42. The van der Waals surface area contributed by atoms with Gasteiger partial charge in [-0.2, -0.15) is 0 Å². The summed E-state index contributed by atoms with van der Waals surface area (Å²) in [6.07, 6.45) is -0.0675. The van der Waals surface area contributed by atoms with Crippen LogP contribution >= 0.6 is 0 Å². The van der Waals surface area contributed by atoms with Crippen LogP contribution in [0.3, 0.4) is 0 Å². The maximum atomic E-state index is 11.6. The molecule has 0 aliphatic heterocycles. The number of benzene rings is 1. The van der Waals surface area contributed by atoms with Crippen LogP contribution in [-0.4, -0.2) is 29.1 Å². The Kier molecular flexibility index (Phi) is 7.59. The predicted octanol–water partition coefficient (Wildman–Crippen LogP) is -0.0689. The Balaban J connectivity index is 0.00000154. The molecule has 0 aliphatic carbocycles. The van der Waals surface area contributed by atoms with E-state index in [-0.39, 0.29) is 13.0 Å². The predicted molar refractivity (Wildman–Crippen MR) is 70.8 cm³/mol. The van der Waals surface area contributed by atoms with Crippen molar-refractivity contribution >= 4 is 11.8 Å². The van der Waals surface area contributed by atoms with Crippen molar-refractivity contribution in [2.24, 2.45) is 11.7 Å². The Hall–Kier alpha value is -1.76. The summed E-state index contributed by atoms with van der Waals surface area (Å²) < 4.78 is 4.73. The number of carbonyl (C=O) groups is 2. The van der Waals surface area contributed by atoms with Gasteiger partial charge in [-0.05, 0) is 19.4 Å². The topological polar surface area (TPSA) is 116 Å². The Labute approximate surface area is 112 Å². The van der Waals surface area contributed by atoms with Crippen molar-refractivity contribution in [1.29, 1.82) is 0 Å². The average molecular weight is 268 g/mol. The third-order valence-corrected chi connectivity index (χ3v) is 2.50. The summed E-state index contributed by atoms with van der Waals surface area (Å²) in [5.41, 5.74) is -1.38. The number of hydrazine groups is 1. The van der Waals surface area contributed by atoms with Crippen molar-refractivity contribution in [3.63, 3.8) is 0 Å². The molecule has 1 unspecified atom stereocenters. The largest absolute Gasteiger partial charge is 0.464 e. The lowest BCUT2D eigenvalue weighted by atomic mass is 9.91. The zero-order valence-electron chi connectivity index (χ0n) is 11.1.